The van der Waals surface area contributed by atoms with E-state index in [1.807, 2.05) is 0 Å². The molecule has 7 nitrogen and oxygen atoms in total. The molecular formula is C13H24NaO7S-. The largest absolute Gasteiger partial charge is 1.00 e. The molecule has 0 rings (SSSR count). The molecule has 1 atom stereocenters. The zero-order valence-electron chi connectivity index (χ0n) is 14.5. The van der Waals surface area contributed by atoms with E-state index in [4.69, 9.17) is 4.74 Å². The van der Waals surface area contributed by atoms with Crippen LogP contribution in [0.15, 0.2) is 0 Å². The Balaban J connectivity index is -0.00000200. The Bertz CT molecular complexity index is 428. The minimum Gasteiger partial charge on any atom is -1.00 e. The Hall–Kier alpha value is -0.150. The third kappa shape index (κ3) is 11.4. The fraction of sp³-hybridized carbons (Fsp3) is 0.846. The fourth-order valence-electron chi connectivity index (χ4n) is 1.71. The maximum Gasteiger partial charge on any atom is 1.00 e. The first-order valence-electron chi connectivity index (χ1n) is 7.01. The van der Waals surface area contributed by atoms with E-state index in [-0.39, 0.29) is 37.6 Å². The van der Waals surface area contributed by atoms with Gasteiger partial charge in [-0.05, 0) is 6.42 Å². The van der Waals surface area contributed by atoms with Crippen molar-refractivity contribution in [3.8, 4) is 0 Å². The van der Waals surface area contributed by atoms with Gasteiger partial charge in [0, 0.05) is 0 Å². The molecule has 0 spiro atoms. The van der Waals surface area contributed by atoms with Crippen molar-refractivity contribution in [2.75, 3.05) is 13.7 Å². The molecule has 22 heavy (non-hydrogen) atoms. The van der Waals surface area contributed by atoms with E-state index in [2.05, 4.69) is 11.7 Å². The van der Waals surface area contributed by atoms with E-state index in [0.29, 0.717) is 6.42 Å². The van der Waals surface area contributed by atoms with Crippen LogP contribution in [0.3, 0.4) is 0 Å². The number of rotatable bonds is 11. The van der Waals surface area contributed by atoms with E-state index >= 15 is 0 Å². The van der Waals surface area contributed by atoms with Gasteiger partial charge in [-0.2, -0.15) is 0 Å². The summed E-state index contributed by atoms with van der Waals surface area (Å²) < 4.78 is 41.7. The summed E-state index contributed by atoms with van der Waals surface area (Å²) in [7, 11) is -4.00. The molecule has 0 aliphatic rings. The van der Waals surface area contributed by atoms with E-state index in [1.54, 1.807) is 0 Å². The van der Waals surface area contributed by atoms with Crippen LogP contribution in [0, 0.1) is 0 Å². The van der Waals surface area contributed by atoms with Crippen molar-refractivity contribution in [2.24, 2.45) is 0 Å². The molecule has 0 N–H and O–H groups in total. The van der Waals surface area contributed by atoms with Crippen LogP contribution in [0.5, 0.6) is 0 Å². The first-order valence-corrected chi connectivity index (χ1v) is 8.48. The summed E-state index contributed by atoms with van der Waals surface area (Å²) in [4.78, 5) is 22.6. The van der Waals surface area contributed by atoms with Crippen molar-refractivity contribution < 1.29 is 63.0 Å². The summed E-state index contributed by atoms with van der Waals surface area (Å²) in [6.07, 6.45) is 5.26. The van der Waals surface area contributed by atoms with Gasteiger partial charge in [0.25, 0.3) is 0 Å². The molecule has 1 unspecified atom stereocenters. The fourth-order valence-corrected chi connectivity index (χ4v) is 2.39. The monoisotopic (exact) mass is 347 g/mol. The van der Waals surface area contributed by atoms with Crippen molar-refractivity contribution in [3.05, 3.63) is 0 Å². The van der Waals surface area contributed by atoms with Gasteiger partial charge in [-0.15, -0.1) is 0 Å². The molecule has 0 aliphatic heterocycles. The smallest absolute Gasteiger partial charge is 1.00 e. The third-order valence-electron chi connectivity index (χ3n) is 2.93. The molecule has 0 aliphatic carbocycles. The average molecular weight is 347 g/mol. The zero-order chi connectivity index (χ0) is 16.3. The second-order valence-electron chi connectivity index (χ2n) is 4.70. The van der Waals surface area contributed by atoms with Crippen LogP contribution in [-0.4, -0.2) is 43.9 Å². The quantitative estimate of drug-likeness (QED) is 0.193. The summed E-state index contributed by atoms with van der Waals surface area (Å²) in [6.45, 7) is 2.27. The Labute approximate surface area is 155 Å². The van der Waals surface area contributed by atoms with Crippen LogP contribution in [0.4, 0.5) is 0 Å². The van der Waals surface area contributed by atoms with Gasteiger partial charge < -0.3 is 15.5 Å². The second-order valence-corrected chi connectivity index (χ2v) is 6.25. The van der Waals surface area contributed by atoms with Gasteiger partial charge in [0.05, 0.1) is 20.1 Å². The molecule has 0 aromatic rings. The molecule has 0 saturated heterocycles. The average Bonchev–Trinajstić information content (AvgIpc) is 2.41. The standard InChI is InChI=1S/C13H24O7S.Na.H/c1-3-4-5-6-7-8-9-20-12(14)10-11(13(15)19-2)21(16,17)18;;/h11H,3-10H2,1-2H3,(H,16,17,18);;/q;+1;-1/p-1. The number of unbranched alkanes of at least 4 members (excludes halogenated alkanes) is 5. The molecule has 0 amide bonds. The third-order valence-corrected chi connectivity index (χ3v) is 3.98. The van der Waals surface area contributed by atoms with Gasteiger partial charge in [0.15, 0.2) is 5.25 Å². The molecule has 126 valence electrons. The zero-order valence-corrected chi connectivity index (χ0v) is 16.3. The first-order chi connectivity index (χ1) is 9.82. The predicted molar refractivity (Wildman–Crippen MR) is 75.6 cm³/mol. The van der Waals surface area contributed by atoms with Crippen molar-refractivity contribution in [3.63, 3.8) is 0 Å². The maximum absolute atomic E-state index is 11.4. The van der Waals surface area contributed by atoms with Crippen molar-refractivity contribution >= 4 is 22.1 Å². The van der Waals surface area contributed by atoms with Crippen LogP contribution in [0.25, 0.3) is 0 Å². The second kappa shape index (κ2) is 13.3. The van der Waals surface area contributed by atoms with Crippen molar-refractivity contribution in [2.45, 2.75) is 57.1 Å². The molecule has 0 heterocycles. The topological polar surface area (TPSA) is 110 Å². The van der Waals surface area contributed by atoms with Crippen LogP contribution >= 0.6 is 0 Å². The minimum atomic E-state index is -4.94. The molecule has 0 fully saturated rings. The van der Waals surface area contributed by atoms with Crippen molar-refractivity contribution in [1.82, 2.24) is 0 Å². The Kier molecular flexibility index (Phi) is 14.6. The van der Waals surface area contributed by atoms with Gasteiger partial charge in [-0.1, -0.05) is 39.0 Å². The summed E-state index contributed by atoms with van der Waals surface area (Å²) in [5.74, 6) is -2.14. The number of hydrogen-bond donors (Lipinski definition) is 0. The van der Waals surface area contributed by atoms with Crippen LogP contribution in [-0.2, 0) is 29.2 Å². The van der Waals surface area contributed by atoms with Crippen LogP contribution in [0.2, 0.25) is 0 Å². The number of hydrogen-bond acceptors (Lipinski definition) is 7. The molecule has 0 aromatic carbocycles. The van der Waals surface area contributed by atoms with E-state index in [9.17, 15) is 22.6 Å². The summed E-state index contributed by atoms with van der Waals surface area (Å²) in [5, 5.41) is -2.04. The van der Waals surface area contributed by atoms with E-state index in [0.717, 1.165) is 32.8 Å². The molecule has 9 heteroatoms. The van der Waals surface area contributed by atoms with Crippen molar-refractivity contribution in [1.29, 1.82) is 0 Å². The molecular weight excluding hydrogens is 323 g/mol. The van der Waals surface area contributed by atoms with E-state index in [1.165, 1.54) is 6.42 Å². The van der Waals surface area contributed by atoms with E-state index < -0.39 is 33.7 Å². The summed E-state index contributed by atoms with van der Waals surface area (Å²) in [5.41, 5.74) is 0. The first kappa shape index (κ1) is 24.1. The van der Waals surface area contributed by atoms with Gasteiger partial charge in [-0.25, -0.2) is 8.42 Å². The molecule has 0 bridgehead atoms. The number of esters is 2. The Morgan fingerprint density at radius 2 is 1.68 bits per heavy atom. The SMILES string of the molecule is CCCCCCCCOC(=O)CC(C(=O)OC)S(=O)(=O)[O-].[H-].[Na+]. The summed E-state index contributed by atoms with van der Waals surface area (Å²) in [6, 6.07) is 0. The normalized spacial score (nSPS) is 12.1. The Morgan fingerprint density at radius 3 is 2.18 bits per heavy atom. The predicted octanol–water partition coefficient (Wildman–Crippen LogP) is -1.52. The number of carbonyl (C=O) groups is 2. The number of ether oxygens (including phenoxy) is 2. The minimum absolute atomic E-state index is 0. The van der Waals surface area contributed by atoms with Crippen LogP contribution in [0.1, 0.15) is 53.3 Å². The molecule has 0 saturated carbocycles. The van der Waals surface area contributed by atoms with Crippen LogP contribution < -0.4 is 29.6 Å². The number of carbonyl (C=O) groups excluding carboxylic acids is 2. The summed E-state index contributed by atoms with van der Waals surface area (Å²) >= 11 is 0. The van der Waals surface area contributed by atoms with Gasteiger partial charge in [-0.3, -0.25) is 9.59 Å². The van der Waals surface area contributed by atoms with Gasteiger partial charge in [0.1, 0.15) is 10.1 Å². The van der Waals surface area contributed by atoms with Gasteiger partial charge in [0.2, 0.25) is 0 Å². The molecule has 0 radical (unpaired) electrons. The van der Waals surface area contributed by atoms with Gasteiger partial charge >= 0.3 is 41.5 Å². The maximum atomic E-state index is 11.4. The number of methoxy groups -OCH3 is 1. The molecule has 0 aromatic heterocycles. The Morgan fingerprint density at radius 1 is 1.14 bits per heavy atom.